The Balaban J connectivity index is 1.41. The Morgan fingerprint density at radius 2 is 2.15 bits per heavy atom. The molecule has 0 saturated carbocycles. The number of aromatic amines is 1. The van der Waals surface area contributed by atoms with Crippen molar-refractivity contribution < 1.29 is 14.3 Å². The van der Waals surface area contributed by atoms with Crippen LogP contribution in [0.15, 0.2) is 30.3 Å². The van der Waals surface area contributed by atoms with Crippen LogP contribution < -0.4 is 5.32 Å². The number of hydrogen-bond acceptors (Lipinski definition) is 5. The average Bonchev–Trinajstić information content (AvgIpc) is 3.28. The number of carbonyl (C=O) groups excluding carboxylic acids is 2. The molecule has 2 aromatic rings. The Bertz CT molecular complexity index is 791. The predicted molar refractivity (Wildman–Crippen MR) is 92.4 cm³/mol. The summed E-state index contributed by atoms with van der Waals surface area (Å²) in [5, 5.41) is 9.48. The van der Waals surface area contributed by atoms with Crippen LogP contribution in [0.25, 0.3) is 0 Å². The van der Waals surface area contributed by atoms with Crippen LogP contribution in [0.3, 0.4) is 0 Å². The zero-order valence-corrected chi connectivity index (χ0v) is 14.4. The SMILES string of the molecule is O=C(N[C@H]1COC[C@H]2CCCN2C1=O)c1n[nH]c(Cc2ccccc2)n1. The van der Waals surface area contributed by atoms with E-state index in [0.717, 1.165) is 24.9 Å². The second-order valence-corrected chi connectivity index (χ2v) is 6.66. The number of amides is 2. The van der Waals surface area contributed by atoms with E-state index in [0.29, 0.717) is 18.9 Å². The summed E-state index contributed by atoms with van der Waals surface area (Å²) in [4.78, 5) is 31.1. The van der Waals surface area contributed by atoms with Gasteiger partial charge in [-0.2, -0.15) is 0 Å². The van der Waals surface area contributed by atoms with Crippen molar-refractivity contribution in [3.63, 3.8) is 0 Å². The van der Waals surface area contributed by atoms with E-state index in [1.165, 1.54) is 0 Å². The number of carbonyl (C=O) groups is 2. The maximum absolute atomic E-state index is 12.6. The molecule has 0 aliphatic carbocycles. The van der Waals surface area contributed by atoms with E-state index in [4.69, 9.17) is 4.74 Å². The van der Waals surface area contributed by atoms with Gasteiger partial charge in [0.15, 0.2) is 0 Å². The summed E-state index contributed by atoms with van der Waals surface area (Å²) in [5.74, 6) is 0.0777. The highest BCUT2D eigenvalue weighted by Gasteiger charge is 2.37. The monoisotopic (exact) mass is 355 g/mol. The minimum absolute atomic E-state index is 0.0333. The topological polar surface area (TPSA) is 100 Å². The van der Waals surface area contributed by atoms with Crippen LogP contribution in [-0.2, 0) is 16.0 Å². The summed E-state index contributed by atoms with van der Waals surface area (Å²) in [6, 6.07) is 9.24. The Kier molecular flexibility index (Phi) is 4.66. The summed E-state index contributed by atoms with van der Waals surface area (Å²) >= 11 is 0. The third kappa shape index (κ3) is 3.45. The molecule has 136 valence electrons. The molecule has 0 bridgehead atoms. The van der Waals surface area contributed by atoms with Crippen molar-refractivity contribution >= 4 is 11.8 Å². The van der Waals surface area contributed by atoms with E-state index >= 15 is 0 Å². The fraction of sp³-hybridized carbons (Fsp3) is 0.444. The smallest absolute Gasteiger partial charge is 0.291 e. The molecule has 3 heterocycles. The van der Waals surface area contributed by atoms with Crippen molar-refractivity contribution in [3.05, 3.63) is 47.5 Å². The van der Waals surface area contributed by atoms with Crippen molar-refractivity contribution in [3.8, 4) is 0 Å². The summed E-state index contributed by atoms with van der Waals surface area (Å²) in [6.07, 6.45) is 2.49. The largest absolute Gasteiger partial charge is 0.377 e. The van der Waals surface area contributed by atoms with Gasteiger partial charge in [0.25, 0.3) is 5.91 Å². The standard InChI is InChI=1S/C18H21N5O3/c24-17(16-20-15(21-22-16)9-12-5-2-1-3-6-12)19-14-11-26-10-13-7-4-8-23(13)18(14)25/h1-3,5-6,13-14H,4,7-11H2,(H,19,24)(H,20,21,22)/t13-,14+/m1/s1. The van der Waals surface area contributed by atoms with Crippen molar-refractivity contribution in [2.75, 3.05) is 19.8 Å². The van der Waals surface area contributed by atoms with E-state index in [1.54, 1.807) is 0 Å². The summed E-state index contributed by atoms with van der Waals surface area (Å²) in [7, 11) is 0. The van der Waals surface area contributed by atoms with E-state index in [1.807, 2.05) is 35.2 Å². The van der Waals surface area contributed by atoms with Gasteiger partial charge in [-0.1, -0.05) is 30.3 Å². The van der Waals surface area contributed by atoms with Crippen molar-refractivity contribution in [2.24, 2.45) is 0 Å². The van der Waals surface area contributed by atoms with Gasteiger partial charge >= 0.3 is 0 Å². The third-order valence-electron chi connectivity index (χ3n) is 4.81. The molecular formula is C18H21N5O3. The van der Waals surface area contributed by atoms with Crippen molar-refractivity contribution in [1.82, 2.24) is 25.4 Å². The Morgan fingerprint density at radius 3 is 3.00 bits per heavy atom. The lowest BCUT2D eigenvalue weighted by molar-refractivity contribution is -0.133. The fourth-order valence-corrected chi connectivity index (χ4v) is 3.48. The molecule has 2 saturated heterocycles. The molecular weight excluding hydrogens is 334 g/mol. The molecule has 2 atom stereocenters. The lowest BCUT2D eigenvalue weighted by Crippen LogP contribution is -2.50. The predicted octanol–water partition coefficient (Wildman–Crippen LogP) is 0.515. The van der Waals surface area contributed by atoms with Gasteiger partial charge in [-0.05, 0) is 18.4 Å². The zero-order chi connectivity index (χ0) is 17.9. The van der Waals surface area contributed by atoms with Crippen LogP contribution in [0.2, 0.25) is 0 Å². The second-order valence-electron chi connectivity index (χ2n) is 6.66. The Labute approximate surface area is 150 Å². The number of H-pyrrole nitrogens is 1. The zero-order valence-electron chi connectivity index (χ0n) is 14.4. The highest BCUT2D eigenvalue weighted by Crippen LogP contribution is 2.21. The van der Waals surface area contributed by atoms with Gasteiger partial charge in [0, 0.05) is 13.0 Å². The average molecular weight is 355 g/mol. The first-order valence-corrected chi connectivity index (χ1v) is 8.85. The first-order valence-electron chi connectivity index (χ1n) is 8.85. The number of nitrogens with zero attached hydrogens (tertiary/aromatic N) is 3. The molecule has 8 heteroatoms. The van der Waals surface area contributed by atoms with Crippen LogP contribution in [-0.4, -0.2) is 63.7 Å². The molecule has 2 fully saturated rings. The van der Waals surface area contributed by atoms with Gasteiger partial charge in [0.1, 0.15) is 11.9 Å². The summed E-state index contributed by atoms with van der Waals surface area (Å²) < 4.78 is 5.59. The van der Waals surface area contributed by atoms with Crippen LogP contribution in [0.4, 0.5) is 0 Å². The number of nitrogens with one attached hydrogen (secondary N) is 2. The number of fused-ring (bicyclic) bond motifs is 1. The summed E-state index contributed by atoms with van der Waals surface area (Å²) in [6.45, 7) is 1.43. The maximum Gasteiger partial charge on any atom is 0.291 e. The van der Waals surface area contributed by atoms with Crippen LogP contribution in [0, 0.1) is 0 Å². The molecule has 0 unspecified atom stereocenters. The van der Waals surface area contributed by atoms with E-state index in [-0.39, 0.29) is 24.4 Å². The number of rotatable bonds is 4. The number of ether oxygens (including phenoxy) is 1. The molecule has 26 heavy (non-hydrogen) atoms. The van der Waals surface area contributed by atoms with Gasteiger partial charge in [0.2, 0.25) is 11.7 Å². The lowest BCUT2D eigenvalue weighted by Gasteiger charge is -2.23. The Hall–Kier alpha value is -2.74. The van der Waals surface area contributed by atoms with Crippen molar-refractivity contribution in [2.45, 2.75) is 31.3 Å². The molecule has 0 spiro atoms. The molecule has 2 aliphatic rings. The highest BCUT2D eigenvalue weighted by molar-refractivity contribution is 5.95. The van der Waals surface area contributed by atoms with E-state index < -0.39 is 11.9 Å². The molecule has 2 aliphatic heterocycles. The number of benzene rings is 1. The lowest BCUT2D eigenvalue weighted by atomic mass is 10.1. The fourth-order valence-electron chi connectivity index (χ4n) is 3.48. The third-order valence-corrected chi connectivity index (χ3v) is 4.81. The van der Waals surface area contributed by atoms with Gasteiger partial charge in [-0.3, -0.25) is 14.7 Å². The van der Waals surface area contributed by atoms with E-state index in [9.17, 15) is 9.59 Å². The van der Waals surface area contributed by atoms with E-state index in [2.05, 4.69) is 20.5 Å². The minimum atomic E-state index is -0.693. The minimum Gasteiger partial charge on any atom is -0.377 e. The summed E-state index contributed by atoms with van der Waals surface area (Å²) in [5.41, 5.74) is 1.07. The van der Waals surface area contributed by atoms with Gasteiger partial charge < -0.3 is 15.0 Å². The first kappa shape index (κ1) is 16.7. The van der Waals surface area contributed by atoms with Crippen molar-refractivity contribution in [1.29, 1.82) is 0 Å². The molecule has 1 aromatic carbocycles. The highest BCUT2D eigenvalue weighted by atomic mass is 16.5. The van der Waals surface area contributed by atoms with Crippen LogP contribution in [0.5, 0.6) is 0 Å². The molecule has 2 amide bonds. The molecule has 4 rings (SSSR count). The van der Waals surface area contributed by atoms with Crippen LogP contribution >= 0.6 is 0 Å². The Morgan fingerprint density at radius 1 is 1.31 bits per heavy atom. The molecule has 2 N–H and O–H groups in total. The maximum atomic E-state index is 12.6. The van der Waals surface area contributed by atoms with Gasteiger partial charge in [0.05, 0.1) is 19.3 Å². The van der Waals surface area contributed by atoms with Gasteiger partial charge in [-0.25, -0.2) is 4.98 Å². The molecule has 1 aromatic heterocycles. The van der Waals surface area contributed by atoms with Crippen LogP contribution in [0.1, 0.15) is 34.8 Å². The normalized spacial score (nSPS) is 22.8. The number of aromatic nitrogens is 3. The molecule has 8 nitrogen and oxygen atoms in total. The quantitative estimate of drug-likeness (QED) is 0.833. The van der Waals surface area contributed by atoms with Gasteiger partial charge in [-0.15, -0.1) is 5.10 Å². The first-order chi connectivity index (χ1) is 12.7. The number of hydrogen-bond donors (Lipinski definition) is 2. The second kappa shape index (κ2) is 7.25. The molecule has 0 radical (unpaired) electrons.